The molecule has 410 valence electrons. The molecule has 1 rings (SSSR count). The Balaban J connectivity index is 2.65. The minimum atomic E-state index is -1.90. The zero-order chi connectivity index (χ0) is 51.8. The predicted molar refractivity (Wildman–Crippen MR) is 285 cm³/mol. The standard InChI is InChI=1S/C59H102O12/c1-4-7-10-13-16-19-21-23-24-25-26-27-28-30-32-35-38-41-44-47-53(62)70-57-55(64)54(63)56(58(65)66)71-59(57)68-49-50(69-52(61)46-43-40-37-33-18-15-12-9-6-3)48-67-51(60)45-42-39-36-34-31-29-22-20-17-14-11-8-5-2/h8,11,17,20,23-24,29,31,50,54-57,59,63-64H,4-7,9-10,12-16,18-19,21-22,25-28,30,32-49H2,1-3H3,(H,65,66)/b11-8-,20-17-,24-23-,31-29-. The number of carbonyl (C=O) groups excluding carboxylic acids is 3. The van der Waals surface area contributed by atoms with Gasteiger partial charge in [0.25, 0.3) is 0 Å². The van der Waals surface area contributed by atoms with Crippen LogP contribution in [0.2, 0.25) is 0 Å². The van der Waals surface area contributed by atoms with Crippen LogP contribution in [-0.2, 0) is 42.9 Å². The topological polar surface area (TPSA) is 175 Å². The third-order valence-corrected chi connectivity index (χ3v) is 12.9. The molecule has 0 bridgehead atoms. The third-order valence-electron chi connectivity index (χ3n) is 12.9. The minimum absolute atomic E-state index is 0.0571. The van der Waals surface area contributed by atoms with E-state index in [0.717, 1.165) is 89.9 Å². The summed E-state index contributed by atoms with van der Waals surface area (Å²) in [4.78, 5) is 50.9. The number of carboxylic acid groups (broad SMARTS) is 1. The van der Waals surface area contributed by atoms with Gasteiger partial charge in [0, 0.05) is 19.3 Å². The third kappa shape index (κ3) is 38.0. The second-order valence-corrected chi connectivity index (χ2v) is 19.5. The minimum Gasteiger partial charge on any atom is -0.479 e. The molecule has 3 N–H and O–H groups in total. The Kier molecular flexibility index (Phi) is 44.1. The molecular formula is C59H102O12. The Morgan fingerprint density at radius 1 is 0.479 bits per heavy atom. The monoisotopic (exact) mass is 1000 g/mol. The highest BCUT2D eigenvalue weighted by atomic mass is 16.7. The Morgan fingerprint density at radius 3 is 1.38 bits per heavy atom. The highest BCUT2D eigenvalue weighted by Gasteiger charge is 2.50. The second-order valence-electron chi connectivity index (χ2n) is 19.5. The van der Waals surface area contributed by atoms with Gasteiger partial charge >= 0.3 is 23.9 Å². The molecule has 1 aliphatic rings. The molecule has 12 heteroatoms. The molecule has 6 unspecified atom stereocenters. The van der Waals surface area contributed by atoms with Crippen molar-refractivity contribution in [1.82, 2.24) is 0 Å². The van der Waals surface area contributed by atoms with Crippen molar-refractivity contribution in [3.8, 4) is 0 Å². The van der Waals surface area contributed by atoms with Crippen LogP contribution in [0.25, 0.3) is 0 Å². The van der Waals surface area contributed by atoms with E-state index in [9.17, 15) is 34.5 Å². The fraction of sp³-hybridized carbons (Fsp3) is 0.797. The summed E-state index contributed by atoms with van der Waals surface area (Å²) >= 11 is 0. The van der Waals surface area contributed by atoms with Gasteiger partial charge in [-0.1, -0.05) is 204 Å². The van der Waals surface area contributed by atoms with Crippen LogP contribution in [0.4, 0.5) is 0 Å². The first-order chi connectivity index (χ1) is 34.6. The molecule has 0 saturated carbocycles. The van der Waals surface area contributed by atoms with Gasteiger partial charge in [-0.2, -0.15) is 0 Å². The van der Waals surface area contributed by atoms with E-state index in [1.165, 1.54) is 103 Å². The van der Waals surface area contributed by atoms with E-state index in [-0.39, 0.29) is 25.9 Å². The number of carboxylic acids is 1. The molecule has 0 radical (unpaired) electrons. The van der Waals surface area contributed by atoms with Crippen LogP contribution in [0.1, 0.15) is 252 Å². The lowest BCUT2D eigenvalue weighted by molar-refractivity contribution is -0.301. The number of rotatable bonds is 48. The molecular weight excluding hydrogens is 901 g/mol. The molecule has 1 saturated heterocycles. The van der Waals surface area contributed by atoms with Gasteiger partial charge in [0.15, 0.2) is 24.6 Å². The van der Waals surface area contributed by atoms with Crippen LogP contribution in [-0.4, -0.2) is 89.2 Å². The molecule has 0 aliphatic carbocycles. The quantitative estimate of drug-likeness (QED) is 0.0228. The summed E-state index contributed by atoms with van der Waals surface area (Å²) in [6.45, 7) is 5.82. The van der Waals surface area contributed by atoms with Gasteiger partial charge in [0.2, 0.25) is 0 Å². The first-order valence-corrected chi connectivity index (χ1v) is 28.6. The summed E-state index contributed by atoms with van der Waals surface area (Å²) in [7, 11) is 0. The molecule has 0 amide bonds. The van der Waals surface area contributed by atoms with Crippen molar-refractivity contribution in [3.63, 3.8) is 0 Å². The normalized spacial score (nSPS) is 18.8. The van der Waals surface area contributed by atoms with Gasteiger partial charge in [-0.25, -0.2) is 4.79 Å². The summed E-state index contributed by atoms with van der Waals surface area (Å²) < 4.78 is 28.3. The van der Waals surface area contributed by atoms with Crippen molar-refractivity contribution in [1.29, 1.82) is 0 Å². The maximum absolute atomic E-state index is 13.0. The molecule has 71 heavy (non-hydrogen) atoms. The number of hydrogen-bond donors (Lipinski definition) is 3. The van der Waals surface area contributed by atoms with Gasteiger partial charge in [-0.15, -0.1) is 0 Å². The lowest BCUT2D eigenvalue weighted by Crippen LogP contribution is -2.61. The van der Waals surface area contributed by atoms with E-state index in [1.54, 1.807) is 0 Å². The molecule has 0 aromatic rings. The van der Waals surface area contributed by atoms with Crippen molar-refractivity contribution in [3.05, 3.63) is 48.6 Å². The van der Waals surface area contributed by atoms with Crippen LogP contribution < -0.4 is 0 Å². The SMILES string of the molecule is CC/C=C\C/C=C\C/C=C\CCCCCC(=O)OCC(COC1OC(C(=O)O)C(O)C(O)C1OC(=O)CCCCCCCCCCC/C=C\CCCCCCCC)OC(=O)CCCCCCCCCCC. The number of unbranched alkanes of at least 4 members (excludes halogenated alkanes) is 26. The number of carbonyl (C=O) groups is 4. The Bertz CT molecular complexity index is 1420. The van der Waals surface area contributed by atoms with Gasteiger partial charge in [-0.05, 0) is 77.0 Å². The van der Waals surface area contributed by atoms with E-state index in [1.807, 2.05) is 0 Å². The zero-order valence-corrected chi connectivity index (χ0v) is 45.0. The number of aliphatic carboxylic acids is 1. The van der Waals surface area contributed by atoms with Crippen molar-refractivity contribution >= 4 is 23.9 Å². The van der Waals surface area contributed by atoms with Crippen molar-refractivity contribution in [2.24, 2.45) is 0 Å². The number of hydrogen-bond acceptors (Lipinski definition) is 11. The number of allylic oxidation sites excluding steroid dienone is 8. The van der Waals surface area contributed by atoms with Crippen molar-refractivity contribution < 1.29 is 58.2 Å². The van der Waals surface area contributed by atoms with E-state index in [4.69, 9.17) is 23.7 Å². The van der Waals surface area contributed by atoms with Gasteiger partial charge in [-0.3, -0.25) is 14.4 Å². The van der Waals surface area contributed by atoms with Crippen LogP contribution in [0.3, 0.4) is 0 Å². The molecule has 0 aromatic carbocycles. The molecule has 0 spiro atoms. The second kappa shape index (κ2) is 47.7. The molecule has 1 heterocycles. The fourth-order valence-corrected chi connectivity index (χ4v) is 8.49. The maximum atomic E-state index is 13.0. The first-order valence-electron chi connectivity index (χ1n) is 28.6. The smallest absolute Gasteiger partial charge is 0.335 e. The summed E-state index contributed by atoms with van der Waals surface area (Å²) in [5.74, 6) is -3.15. The van der Waals surface area contributed by atoms with Gasteiger partial charge in [0.05, 0.1) is 6.61 Å². The van der Waals surface area contributed by atoms with Crippen LogP contribution in [0, 0.1) is 0 Å². The number of aliphatic hydroxyl groups is 2. The summed E-state index contributed by atoms with van der Waals surface area (Å²) in [6, 6.07) is 0. The Labute approximate surface area is 431 Å². The maximum Gasteiger partial charge on any atom is 0.335 e. The van der Waals surface area contributed by atoms with Gasteiger partial charge in [0.1, 0.15) is 18.8 Å². The summed E-state index contributed by atoms with van der Waals surface area (Å²) in [6.07, 6.45) is 43.9. The summed E-state index contributed by atoms with van der Waals surface area (Å²) in [5, 5.41) is 31.4. The van der Waals surface area contributed by atoms with Crippen LogP contribution in [0.15, 0.2) is 48.6 Å². The average molecular weight is 1000 g/mol. The predicted octanol–water partition coefficient (Wildman–Crippen LogP) is 14.2. The Morgan fingerprint density at radius 2 is 0.887 bits per heavy atom. The Hall–Kier alpha value is -3.32. The van der Waals surface area contributed by atoms with E-state index in [0.29, 0.717) is 19.3 Å². The van der Waals surface area contributed by atoms with E-state index >= 15 is 0 Å². The number of aliphatic hydroxyl groups excluding tert-OH is 2. The highest BCUT2D eigenvalue weighted by molar-refractivity contribution is 5.74. The van der Waals surface area contributed by atoms with Crippen LogP contribution >= 0.6 is 0 Å². The fourth-order valence-electron chi connectivity index (χ4n) is 8.49. The van der Waals surface area contributed by atoms with Crippen LogP contribution in [0.5, 0.6) is 0 Å². The summed E-state index contributed by atoms with van der Waals surface area (Å²) in [5.41, 5.74) is 0. The number of esters is 3. The lowest BCUT2D eigenvalue weighted by Gasteiger charge is -2.40. The molecule has 12 nitrogen and oxygen atoms in total. The molecule has 0 aromatic heterocycles. The highest BCUT2D eigenvalue weighted by Crippen LogP contribution is 2.26. The zero-order valence-electron chi connectivity index (χ0n) is 45.0. The molecule has 1 fully saturated rings. The first kappa shape index (κ1) is 65.7. The lowest BCUT2D eigenvalue weighted by atomic mass is 9.98. The van der Waals surface area contributed by atoms with Crippen molar-refractivity contribution in [2.45, 2.75) is 289 Å². The largest absolute Gasteiger partial charge is 0.479 e. The molecule has 1 aliphatic heterocycles. The van der Waals surface area contributed by atoms with E-state index in [2.05, 4.69) is 69.4 Å². The number of ether oxygens (including phenoxy) is 5. The van der Waals surface area contributed by atoms with E-state index < -0.39 is 67.3 Å². The van der Waals surface area contributed by atoms with Gasteiger partial charge < -0.3 is 39.0 Å². The van der Waals surface area contributed by atoms with Crippen molar-refractivity contribution in [2.75, 3.05) is 13.2 Å². The average Bonchev–Trinajstić information content (AvgIpc) is 3.35. The molecule has 6 atom stereocenters.